The maximum atomic E-state index is 5.77. The Bertz CT molecular complexity index is 571. The van der Waals surface area contributed by atoms with Gasteiger partial charge in [-0.3, -0.25) is 4.99 Å². The maximum absolute atomic E-state index is 5.77. The Labute approximate surface area is 173 Å². The van der Waals surface area contributed by atoms with E-state index in [-0.39, 0.29) is 30.1 Å². The van der Waals surface area contributed by atoms with Gasteiger partial charge in [0.05, 0.1) is 33.0 Å². The average Bonchev–Trinajstić information content (AvgIpc) is 2.61. The van der Waals surface area contributed by atoms with Crippen molar-refractivity contribution in [2.75, 3.05) is 58.9 Å². The van der Waals surface area contributed by atoms with E-state index in [9.17, 15) is 0 Å². The van der Waals surface area contributed by atoms with Crippen LogP contribution in [-0.4, -0.2) is 70.5 Å². The van der Waals surface area contributed by atoms with Gasteiger partial charge in [0.25, 0.3) is 0 Å². The molecule has 7 nitrogen and oxygen atoms in total. The topological polar surface area (TPSA) is 67.4 Å². The van der Waals surface area contributed by atoms with Gasteiger partial charge in [-0.25, -0.2) is 0 Å². The summed E-state index contributed by atoms with van der Waals surface area (Å²) in [7, 11) is 3.74. The van der Waals surface area contributed by atoms with Crippen LogP contribution in [0.2, 0.25) is 0 Å². The number of morpholine rings is 1. The van der Waals surface area contributed by atoms with Crippen molar-refractivity contribution in [1.82, 2.24) is 10.2 Å². The van der Waals surface area contributed by atoms with E-state index in [0.29, 0.717) is 18.9 Å². The van der Waals surface area contributed by atoms with E-state index in [1.54, 1.807) is 7.11 Å². The molecule has 1 aliphatic heterocycles. The normalized spacial score (nSPS) is 18.0. The molecule has 1 unspecified atom stereocenters. The van der Waals surface area contributed by atoms with Gasteiger partial charge in [0.2, 0.25) is 0 Å². The molecule has 8 heteroatoms. The number of nitrogens with zero attached hydrogens (tertiary/aromatic N) is 2. The molecular weight excluding hydrogens is 447 g/mol. The Balaban J connectivity index is 0.00000338. The molecule has 26 heavy (non-hydrogen) atoms. The van der Waals surface area contributed by atoms with Crippen LogP contribution in [0.15, 0.2) is 23.2 Å². The second-order valence-corrected chi connectivity index (χ2v) is 5.90. The van der Waals surface area contributed by atoms with E-state index in [2.05, 4.69) is 27.6 Å². The Morgan fingerprint density at radius 1 is 1.35 bits per heavy atom. The minimum absolute atomic E-state index is 0. The second-order valence-electron chi connectivity index (χ2n) is 5.90. The van der Waals surface area contributed by atoms with Crippen molar-refractivity contribution < 1.29 is 14.2 Å². The van der Waals surface area contributed by atoms with Gasteiger partial charge in [0.15, 0.2) is 17.5 Å². The van der Waals surface area contributed by atoms with Gasteiger partial charge in [0, 0.05) is 31.4 Å². The molecule has 0 aromatic heterocycles. The summed E-state index contributed by atoms with van der Waals surface area (Å²) in [6.07, 6.45) is 0.129. The first kappa shape index (κ1) is 22.8. The number of halogens is 1. The fourth-order valence-corrected chi connectivity index (χ4v) is 2.63. The molecule has 1 heterocycles. The van der Waals surface area contributed by atoms with E-state index < -0.39 is 0 Å². The van der Waals surface area contributed by atoms with Crippen LogP contribution in [-0.2, 0) is 4.74 Å². The van der Waals surface area contributed by atoms with Gasteiger partial charge in [-0.15, -0.1) is 24.0 Å². The Morgan fingerprint density at radius 3 is 2.81 bits per heavy atom. The number of ether oxygens (including phenoxy) is 3. The first-order valence-corrected chi connectivity index (χ1v) is 8.82. The van der Waals surface area contributed by atoms with Crippen LogP contribution < -0.4 is 20.1 Å². The van der Waals surface area contributed by atoms with E-state index in [1.165, 1.54) is 0 Å². The summed E-state index contributed by atoms with van der Waals surface area (Å²) in [4.78, 5) is 6.92. The second kappa shape index (κ2) is 12.2. The van der Waals surface area contributed by atoms with Crippen molar-refractivity contribution in [2.45, 2.75) is 20.0 Å². The van der Waals surface area contributed by atoms with Gasteiger partial charge in [-0.2, -0.15) is 0 Å². The quantitative estimate of drug-likeness (QED) is 0.357. The lowest BCUT2D eigenvalue weighted by Crippen LogP contribution is -2.42. The van der Waals surface area contributed by atoms with Crippen LogP contribution in [0.5, 0.6) is 11.5 Å². The summed E-state index contributed by atoms with van der Waals surface area (Å²) in [6, 6.07) is 5.75. The number of hydrogen-bond donors (Lipinski definition) is 2. The van der Waals surface area contributed by atoms with Crippen LogP contribution in [0.25, 0.3) is 0 Å². The molecular formula is C18H31IN4O3. The van der Waals surface area contributed by atoms with Gasteiger partial charge in [-0.05, 0) is 33.0 Å². The molecule has 1 aliphatic rings. The lowest BCUT2D eigenvalue weighted by atomic mass is 10.2. The monoisotopic (exact) mass is 478 g/mol. The number of anilines is 1. The van der Waals surface area contributed by atoms with Crippen molar-refractivity contribution in [3.8, 4) is 11.5 Å². The molecule has 0 amide bonds. The Hall–Kier alpha value is -1.26. The van der Waals surface area contributed by atoms with Gasteiger partial charge in [0.1, 0.15) is 0 Å². The maximum Gasteiger partial charge on any atom is 0.195 e. The molecule has 2 rings (SSSR count). The molecule has 0 bridgehead atoms. The van der Waals surface area contributed by atoms with Gasteiger partial charge < -0.3 is 29.7 Å². The number of likely N-dealkylation sites (N-methyl/N-ethyl adjacent to an activating group) is 1. The first-order valence-electron chi connectivity index (χ1n) is 8.82. The molecule has 1 aromatic carbocycles. The minimum Gasteiger partial charge on any atom is -0.493 e. The number of guanidine groups is 1. The first-order chi connectivity index (χ1) is 12.2. The highest BCUT2D eigenvalue weighted by Crippen LogP contribution is 2.30. The third kappa shape index (κ3) is 7.16. The van der Waals surface area contributed by atoms with E-state index >= 15 is 0 Å². The van der Waals surface area contributed by atoms with Crippen molar-refractivity contribution >= 4 is 35.6 Å². The van der Waals surface area contributed by atoms with Crippen molar-refractivity contribution in [1.29, 1.82) is 0 Å². The molecule has 1 fully saturated rings. The lowest BCUT2D eigenvalue weighted by Gasteiger charge is -2.29. The highest BCUT2D eigenvalue weighted by Gasteiger charge is 2.17. The zero-order valence-electron chi connectivity index (χ0n) is 16.1. The van der Waals surface area contributed by atoms with Crippen LogP contribution in [0.4, 0.5) is 5.69 Å². The Kier molecular flexibility index (Phi) is 10.7. The highest BCUT2D eigenvalue weighted by atomic mass is 127. The van der Waals surface area contributed by atoms with Crippen LogP contribution in [0.3, 0.4) is 0 Å². The van der Waals surface area contributed by atoms with E-state index in [0.717, 1.165) is 43.6 Å². The lowest BCUT2D eigenvalue weighted by molar-refractivity contribution is -0.0136. The van der Waals surface area contributed by atoms with Crippen molar-refractivity contribution in [3.05, 3.63) is 18.2 Å². The fourth-order valence-electron chi connectivity index (χ4n) is 2.63. The number of rotatable bonds is 7. The summed E-state index contributed by atoms with van der Waals surface area (Å²) in [5, 5.41) is 6.57. The number of nitrogens with one attached hydrogen (secondary N) is 2. The number of aliphatic imine (C=N–C) groups is 1. The van der Waals surface area contributed by atoms with E-state index in [4.69, 9.17) is 14.2 Å². The molecule has 0 aliphatic carbocycles. The molecule has 148 valence electrons. The summed E-state index contributed by atoms with van der Waals surface area (Å²) in [5.74, 6) is 2.15. The van der Waals surface area contributed by atoms with Gasteiger partial charge >= 0.3 is 0 Å². The smallest absolute Gasteiger partial charge is 0.195 e. The highest BCUT2D eigenvalue weighted by molar-refractivity contribution is 14.0. The van der Waals surface area contributed by atoms with Crippen LogP contribution in [0, 0.1) is 0 Å². The zero-order chi connectivity index (χ0) is 18.1. The third-order valence-corrected chi connectivity index (χ3v) is 3.87. The van der Waals surface area contributed by atoms with E-state index in [1.807, 2.05) is 32.0 Å². The average molecular weight is 478 g/mol. The predicted octanol–water partition coefficient (Wildman–Crippen LogP) is 2.42. The standard InChI is InChI=1S/C18H30N4O3.HI/c1-5-19-18(20-12-15-13-22(3)9-10-25-15)21-14-7-8-16(24-6-2)17(11-14)23-4;/h7-8,11,15H,5-6,9-10,12-13H2,1-4H3,(H2,19,20,21);1H. The molecule has 1 aromatic rings. The molecule has 1 atom stereocenters. The number of benzene rings is 1. The molecule has 2 N–H and O–H groups in total. The molecule has 0 radical (unpaired) electrons. The SMILES string of the molecule is CCNC(=NCC1CN(C)CCO1)Nc1ccc(OCC)c(OC)c1.I. The van der Waals surface area contributed by atoms with Crippen LogP contribution >= 0.6 is 24.0 Å². The number of methoxy groups -OCH3 is 1. The summed E-state index contributed by atoms with van der Waals surface area (Å²) in [6.45, 7) is 8.64. The van der Waals surface area contributed by atoms with Gasteiger partial charge in [-0.1, -0.05) is 0 Å². The Morgan fingerprint density at radius 2 is 2.15 bits per heavy atom. The molecule has 0 spiro atoms. The van der Waals surface area contributed by atoms with Crippen LogP contribution in [0.1, 0.15) is 13.8 Å². The fraction of sp³-hybridized carbons (Fsp3) is 0.611. The third-order valence-electron chi connectivity index (χ3n) is 3.87. The summed E-state index contributed by atoms with van der Waals surface area (Å²) >= 11 is 0. The predicted molar refractivity (Wildman–Crippen MR) is 116 cm³/mol. The summed E-state index contributed by atoms with van der Waals surface area (Å²) in [5.41, 5.74) is 0.890. The van der Waals surface area contributed by atoms with Crippen molar-refractivity contribution in [3.63, 3.8) is 0 Å². The van der Waals surface area contributed by atoms with Crippen molar-refractivity contribution in [2.24, 2.45) is 4.99 Å². The molecule has 1 saturated heterocycles. The zero-order valence-corrected chi connectivity index (χ0v) is 18.4. The number of hydrogen-bond acceptors (Lipinski definition) is 5. The molecule has 0 saturated carbocycles. The summed E-state index contributed by atoms with van der Waals surface area (Å²) < 4.78 is 16.7. The largest absolute Gasteiger partial charge is 0.493 e. The minimum atomic E-state index is 0.